The molecule has 1 saturated carbocycles. The minimum absolute atomic E-state index is 0.327. The lowest BCUT2D eigenvalue weighted by molar-refractivity contribution is -0.138. The van der Waals surface area contributed by atoms with Crippen molar-refractivity contribution in [1.82, 2.24) is 5.32 Å². The Morgan fingerprint density at radius 3 is 2.63 bits per heavy atom. The molecular weight excluding hydrogens is 306 g/mol. The van der Waals surface area contributed by atoms with E-state index in [1.165, 1.54) is 24.8 Å². The predicted molar refractivity (Wildman–Crippen MR) is 76.7 cm³/mol. The molecule has 102 valence electrons. The normalized spacial score (nSPS) is 26.7. The van der Waals surface area contributed by atoms with Crippen molar-refractivity contribution in [1.29, 1.82) is 0 Å². The molecule has 4 heteroatoms. The third-order valence-corrected chi connectivity index (χ3v) is 5.19. The van der Waals surface area contributed by atoms with E-state index in [-0.39, 0.29) is 5.79 Å². The third-order valence-electron chi connectivity index (χ3n) is 4.45. The van der Waals surface area contributed by atoms with E-state index in [1.54, 1.807) is 0 Å². The van der Waals surface area contributed by atoms with Gasteiger partial charge in [0.1, 0.15) is 0 Å². The summed E-state index contributed by atoms with van der Waals surface area (Å²) >= 11 is 3.67. The lowest BCUT2D eigenvalue weighted by atomic mass is 9.91. The summed E-state index contributed by atoms with van der Waals surface area (Å²) in [7, 11) is 0. The maximum Gasteiger partial charge on any atom is 0.251 e. The second kappa shape index (κ2) is 4.38. The van der Waals surface area contributed by atoms with Crippen LogP contribution < -0.4 is 14.8 Å². The van der Waals surface area contributed by atoms with Gasteiger partial charge in [0.25, 0.3) is 5.79 Å². The molecule has 3 aliphatic rings. The molecular formula is C15H18BrNO2. The van der Waals surface area contributed by atoms with Crippen molar-refractivity contribution in [3.05, 3.63) is 22.2 Å². The van der Waals surface area contributed by atoms with Gasteiger partial charge in [-0.25, -0.2) is 0 Å². The van der Waals surface area contributed by atoms with Crippen molar-refractivity contribution in [2.45, 2.75) is 50.4 Å². The molecule has 1 unspecified atom stereocenters. The topological polar surface area (TPSA) is 30.5 Å². The molecule has 0 radical (unpaired) electrons. The fraction of sp³-hybridized carbons (Fsp3) is 0.600. The summed E-state index contributed by atoms with van der Waals surface area (Å²) in [4.78, 5) is 0. The van der Waals surface area contributed by atoms with E-state index in [2.05, 4.69) is 33.4 Å². The Bertz CT molecular complexity index is 507. The SMILES string of the molecule is Brc1cc2c(cc1CC1CCCN1)OC1(CCC1)O2. The van der Waals surface area contributed by atoms with Gasteiger partial charge in [0.05, 0.1) is 0 Å². The monoisotopic (exact) mass is 323 g/mol. The number of nitrogens with one attached hydrogen (secondary N) is 1. The maximum absolute atomic E-state index is 6.03. The fourth-order valence-corrected chi connectivity index (χ4v) is 3.67. The highest BCUT2D eigenvalue weighted by molar-refractivity contribution is 9.10. The van der Waals surface area contributed by atoms with Gasteiger partial charge in [-0.1, -0.05) is 15.9 Å². The van der Waals surface area contributed by atoms with Crippen LogP contribution in [0.25, 0.3) is 0 Å². The Balaban J connectivity index is 1.58. The van der Waals surface area contributed by atoms with E-state index in [4.69, 9.17) is 9.47 Å². The quantitative estimate of drug-likeness (QED) is 0.904. The van der Waals surface area contributed by atoms with Crippen LogP contribution in [0.1, 0.15) is 37.7 Å². The molecule has 1 N–H and O–H groups in total. The summed E-state index contributed by atoms with van der Waals surface area (Å²) in [5.74, 6) is 1.50. The van der Waals surface area contributed by atoms with Gasteiger partial charge < -0.3 is 14.8 Å². The average Bonchev–Trinajstić information content (AvgIpc) is 2.95. The molecule has 2 heterocycles. The highest BCUT2D eigenvalue weighted by Crippen LogP contribution is 2.49. The lowest BCUT2D eigenvalue weighted by Crippen LogP contribution is -2.45. The Labute approximate surface area is 121 Å². The first-order chi connectivity index (χ1) is 9.24. The molecule has 2 fully saturated rings. The lowest BCUT2D eigenvalue weighted by Gasteiger charge is -2.35. The summed E-state index contributed by atoms with van der Waals surface area (Å²) < 4.78 is 13.1. The molecule has 0 aromatic heterocycles. The Hall–Kier alpha value is -0.740. The van der Waals surface area contributed by atoms with Crippen LogP contribution in [0.15, 0.2) is 16.6 Å². The number of hydrogen-bond donors (Lipinski definition) is 1. The second-order valence-electron chi connectivity index (χ2n) is 5.86. The molecule has 1 aromatic carbocycles. The van der Waals surface area contributed by atoms with E-state index >= 15 is 0 Å². The first kappa shape index (κ1) is 12.0. The minimum atomic E-state index is -0.327. The van der Waals surface area contributed by atoms with Gasteiger partial charge in [-0.05, 0) is 49.9 Å². The average molecular weight is 324 g/mol. The van der Waals surface area contributed by atoms with E-state index in [9.17, 15) is 0 Å². The van der Waals surface area contributed by atoms with Gasteiger partial charge in [-0.2, -0.15) is 0 Å². The van der Waals surface area contributed by atoms with Crippen molar-refractivity contribution in [2.75, 3.05) is 6.54 Å². The maximum atomic E-state index is 6.03. The first-order valence-corrected chi connectivity index (χ1v) is 7.97. The van der Waals surface area contributed by atoms with Gasteiger partial charge in [0, 0.05) is 23.4 Å². The molecule has 4 rings (SSSR count). The van der Waals surface area contributed by atoms with Crippen molar-refractivity contribution in [3.8, 4) is 11.5 Å². The molecule has 0 bridgehead atoms. The fourth-order valence-electron chi connectivity index (χ4n) is 3.18. The number of ether oxygens (including phenoxy) is 2. The third kappa shape index (κ3) is 2.05. The molecule has 1 saturated heterocycles. The smallest absolute Gasteiger partial charge is 0.251 e. The van der Waals surface area contributed by atoms with E-state index in [1.807, 2.05) is 0 Å². The second-order valence-corrected chi connectivity index (χ2v) is 6.71. The van der Waals surface area contributed by atoms with Crippen molar-refractivity contribution < 1.29 is 9.47 Å². The van der Waals surface area contributed by atoms with Crippen LogP contribution in [0.3, 0.4) is 0 Å². The Morgan fingerprint density at radius 2 is 2.00 bits per heavy atom. The zero-order chi connectivity index (χ0) is 12.9. The van der Waals surface area contributed by atoms with Crippen molar-refractivity contribution in [3.63, 3.8) is 0 Å². The number of rotatable bonds is 2. The largest absolute Gasteiger partial charge is 0.448 e. The molecule has 0 amide bonds. The highest BCUT2D eigenvalue weighted by atomic mass is 79.9. The van der Waals surface area contributed by atoms with Gasteiger partial charge >= 0.3 is 0 Å². The number of benzene rings is 1. The van der Waals surface area contributed by atoms with E-state index in [0.29, 0.717) is 6.04 Å². The van der Waals surface area contributed by atoms with Crippen LogP contribution in [0.4, 0.5) is 0 Å². The molecule has 19 heavy (non-hydrogen) atoms. The molecule has 1 atom stereocenters. The van der Waals surface area contributed by atoms with Gasteiger partial charge in [0.2, 0.25) is 0 Å². The van der Waals surface area contributed by atoms with Crippen LogP contribution in [0, 0.1) is 0 Å². The van der Waals surface area contributed by atoms with E-state index in [0.717, 1.165) is 41.8 Å². The van der Waals surface area contributed by atoms with Gasteiger partial charge in [-0.15, -0.1) is 0 Å². The molecule has 1 aliphatic carbocycles. The summed E-state index contributed by atoms with van der Waals surface area (Å²) in [5, 5.41) is 3.55. The summed E-state index contributed by atoms with van der Waals surface area (Å²) in [6.07, 6.45) is 6.84. The van der Waals surface area contributed by atoms with Crippen LogP contribution >= 0.6 is 15.9 Å². The molecule has 1 aromatic rings. The number of fused-ring (bicyclic) bond motifs is 1. The van der Waals surface area contributed by atoms with Crippen LogP contribution in [-0.4, -0.2) is 18.4 Å². The highest BCUT2D eigenvalue weighted by Gasteiger charge is 2.47. The van der Waals surface area contributed by atoms with Crippen LogP contribution in [0.5, 0.6) is 11.5 Å². The number of halogens is 1. The van der Waals surface area contributed by atoms with Crippen molar-refractivity contribution >= 4 is 15.9 Å². The standard InChI is InChI=1S/C15H18BrNO2/c16-12-9-14-13(18-15(19-14)4-2-5-15)8-10(12)7-11-3-1-6-17-11/h8-9,11,17H,1-7H2. The molecule has 3 nitrogen and oxygen atoms in total. The number of hydrogen-bond acceptors (Lipinski definition) is 3. The Kier molecular flexibility index (Phi) is 2.78. The predicted octanol–water partition coefficient (Wildman–Crippen LogP) is 3.40. The van der Waals surface area contributed by atoms with Crippen molar-refractivity contribution in [2.24, 2.45) is 0 Å². The first-order valence-electron chi connectivity index (χ1n) is 7.18. The van der Waals surface area contributed by atoms with E-state index < -0.39 is 0 Å². The Morgan fingerprint density at radius 1 is 1.21 bits per heavy atom. The van der Waals surface area contributed by atoms with Gasteiger partial charge in [-0.3, -0.25) is 0 Å². The van der Waals surface area contributed by atoms with Crippen LogP contribution in [-0.2, 0) is 6.42 Å². The summed E-state index contributed by atoms with van der Waals surface area (Å²) in [6.45, 7) is 1.15. The summed E-state index contributed by atoms with van der Waals surface area (Å²) in [6, 6.07) is 4.84. The molecule has 2 aliphatic heterocycles. The van der Waals surface area contributed by atoms with Crippen LogP contribution in [0.2, 0.25) is 0 Å². The summed E-state index contributed by atoms with van der Waals surface area (Å²) in [5.41, 5.74) is 1.32. The molecule has 1 spiro atoms. The zero-order valence-corrected chi connectivity index (χ0v) is 12.5. The minimum Gasteiger partial charge on any atom is -0.448 e. The zero-order valence-electron chi connectivity index (χ0n) is 10.9. The van der Waals surface area contributed by atoms with Gasteiger partial charge in [0.15, 0.2) is 11.5 Å².